The van der Waals surface area contributed by atoms with Crippen molar-refractivity contribution in [2.75, 3.05) is 26.2 Å². The van der Waals surface area contributed by atoms with E-state index in [1.807, 2.05) is 26.0 Å². The predicted octanol–water partition coefficient (Wildman–Crippen LogP) is 1.99. The van der Waals surface area contributed by atoms with Gasteiger partial charge in [0.25, 0.3) is 0 Å². The van der Waals surface area contributed by atoms with Crippen LogP contribution in [0.3, 0.4) is 0 Å². The molecule has 2 heterocycles. The fraction of sp³-hybridized carbons (Fsp3) is 0.600. The summed E-state index contributed by atoms with van der Waals surface area (Å²) in [5.41, 5.74) is 6.59. The van der Waals surface area contributed by atoms with Gasteiger partial charge in [-0.1, -0.05) is 0 Å². The number of ether oxygens (including phenoxy) is 1. The third-order valence-electron chi connectivity index (χ3n) is 4.30. The Balaban J connectivity index is 0.00000512. The quantitative estimate of drug-likeness (QED) is 0.175. The standard InChI is InChI=1S/C20H33N7O2S2.Cu/c1-6-21-19(30)25-23-15(5)18(24-26-20(31)22-7-2)17-9-8-16(29-17)12-27-10-13(3)28-14(4)11-27;/h8-9,13-14H,6-7,10-12H2,1-5H3,(H2,21,25,30)(H2,22,26,31);/q;+2/p-2/b23-15+,24-18-;. The summed E-state index contributed by atoms with van der Waals surface area (Å²) < 4.78 is 11.9. The van der Waals surface area contributed by atoms with Gasteiger partial charge in [-0.2, -0.15) is 10.2 Å². The fourth-order valence-electron chi connectivity index (χ4n) is 3.18. The molecule has 1 aliphatic heterocycles. The van der Waals surface area contributed by atoms with Gasteiger partial charge in [0.15, 0.2) is 5.76 Å². The van der Waals surface area contributed by atoms with Gasteiger partial charge in [-0.3, -0.25) is 25.7 Å². The number of aliphatic imine (C=N–C) groups is 2. The Labute approximate surface area is 211 Å². The van der Waals surface area contributed by atoms with E-state index in [0.717, 1.165) is 18.8 Å². The number of amidine groups is 2. The molecule has 0 bridgehead atoms. The van der Waals surface area contributed by atoms with Crippen LogP contribution in [0.25, 0.3) is 0 Å². The van der Waals surface area contributed by atoms with E-state index in [-0.39, 0.29) is 29.3 Å². The fourth-order valence-corrected chi connectivity index (χ4v) is 3.53. The summed E-state index contributed by atoms with van der Waals surface area (Å²) in [6.45, 7) is 13.3. The van der Waals surface area contributed by atoms with Crippen LogP contribution in [0.15, 0.2) is 36.7 Å². The van der Waals surface area contributed by atoms with E-state index >= 15 is 0 Å². The number of nitrogens with one attached hydrogen (secondary N) is 2. The Bertz CT molecular complexity index is 832. The summed E-state index contributed by atoms with van der Waals surface area (Å²) in [5, 5.41) is 9.27. The first kappa shape index (κ1) is 28.5. The molecule has 0 spiro atoms. The Morgan fingerprint density at radius 2 is 1.59 bits per heavy atom. The van der Waals surface area contributed by atoms with Gasteiger partial charge >= 0.3 is 17.1 Å². The number of rotatable bonds is 8. The molecule has 1 fully saturated rings. The van der Waals surface area contributed by atoms with Crippen LogP contribution in [0, 0.1) is 0 Å². The molecule has 0 amide bonds. The van der Waals surface area contributed by atoms with Gasteiger partial charge in [0.1, 0.15) is 11.5 Å². The summed E-state index contributed by atoms with van der Waals surface area (Å²) >= 11 is 10.3. The van der Waals surface area contributed by atoms with Crippen LogP contribution in [-0.4, -0.2) is 65.0 Å². The molecule has 0 aliphatic carbocycles. The molecule has 1 aromatic rings. The van der Waals surface area contributed by atoms with Gasteiger partial charge in [-0.15, -0.1) is 0 Å². The van der Waals surface area contributed by atoms with E-state index in [1.165, 1.54) is 0 Å². The number of morpholine rings is 1. The van der Waals surface area contributed by atoms with Gasteiger partial charge in [-0.25, -0.2) is 0 Å². The predicted molar refractivity (Wildman–Crippen MR) is 131 cm³/mol. The van der Waals surface area contributed by atoms with E-state index in [2.05, 4.69) is 49.8 Å². The summed E-state index contributed by atoms with van der Waals surface area (Å²) in [5.74, 6) is 1.40. The minimum atomic E-state index is 0. The van der Waals surface area contributed by atoms with Gasteiger partial charge < -0.3 is 34.4 Å². The molecule has 1 radical (unpaired) electrons. The Morgan fingerprint density at radius 1 is 1.03 bits per heavy atom. The van der Waals surface area contributed by atoms with Gasteiger partial charge in [0, 0.05) is 26.2 Å². The van der Waals surface area contributed by atoms with Gasteiger partial charge in [0.2, 0.25) is 0 Å². The second-order valence-electron chi connectivity index (χ2n) is 7.16. The minimum Gasteiger partial charge on any atom is -0.741 e. The van der Waals surface area contributed by atoms with Crippen molar-refractivity contribution >= 4 is 47.0 Å². The zero-order valence-corrected chi connectivity index (χ0v) is 21.6. The van der Waals surface area contributed by atoms with Crippen molar-refractivity contribution in [2.24, 2.45) is 20.2 Å². The van der Waals surface area contributed by atoms with Crippen LogP contribution in [0.2, 0.25) is 0 Å². The molecule has 0 saturated carbocycles. The molecule has 1 aliphatic rings. The van der Waals surface area contributed by atoms with Crippen LogP contribution < -0.4 is 10.9 Å². The van der Waals surface area contributed by atoms with Crippen LogP contribution >= 0.6 is 0 Å². The topological polar surface area (TPSA) is 99.1 Å². The van der Waals surface area contributed by atoms with Crippen LogP contribution in [0.4, 0.5) is 0 Å². The third kappa shape index (κ3) is 9.51. The number of hydrogen-bond acceptors (Lipinski definition) is 9. The molecule has 32 heavy (non-hydrogen) atoms. The molecule has 181 valence electrons. The van der Waals surface area contributed by atoms with E-state index in [9.17, 15) is 0 Å². The Kier molecular flexibility index (Phi) is 13.0. The summed E-state index contributed by atoms with van der Waals surface area (Å²) in [6, 6.07) is 3.82. The third-order valence-corrected chi connectivity index (χ3v) is 4.74. The molecule has 9 nitrogen and oxygen atoms in total. The van der Waals surface area contributed by atoms with Crippen molar-refractivity contribution in [3.63, 3.8) is 0 Å². The minimum absolute atomic E-state index is 0. The summed E-state index contributed by atoms with van der Waals surface area (Å²) in [6.07, 6.45) is 0.390. The van der Waals surface area contributed by atoms with Crippen molar-refractivity contribution < 1.29 is 26.2 Å². The largest absolute Gasteiger partial charge is 2.00 e. The monoisotopic (exact) mass is 528 g/mol. The second-order valence-corrected chi connectivity index (χ2v) is 7.93. The van der Waals surface area contributed by atoms with Gasteiger partial charge in [0.05, 0.1) is 24.5 Å². The number of hydrazone groups is 2. The van der Waals surface area contributed by atoms with Crippen LogP contribution in [0.1, 0.15) is 46.1 Å². The first-order valence-electron chi connectivity index (χ1n) is 10.4. The Morgan fingerprint density at radius 3 is 2.16 bits per heavy atom. The molecule has 1 saturated heterocycles. The van der Waals surface area contributed by atoms with E-state index in [0.29, 0.717) is 47.2 Å². The van der Waals surface area contributed by atoms with Crippen LogP contribution in [-0.2, 0) is 53.6 Å². The zero-order chi connectivity index (χ0) is 22.8. The maximum absolute atomic E-state index is 6.09. The molecular formula is C20H31CuN7O2S2. The maximum atomic E-state index is 6.09. The molecule has 2 atom stereocenters. The van der Waals surface area contributed by atoms with Crippen molar-refractivity contribution in [2.45, 2.75) is 53.4 Å². The average Bonchev–Trinajstić information content (AvgIpc) is 3.14. The van der Waals surface area contributed by atoms with Crippen molar-refractivity contribution in [3.8, 4) is 0 Å². The smallest absolute Gasteiger partial charge is 0.741 e. The normalized spacial score (nSPS) is 21.3. The Hall–Kier alpha value is -1.56. The second kappa shape index (κ2) is 14.6. The molecule has 2 unspecified atom stereocenters. The summed E-state index contributed by atoms with van der Waals surface area (Å²) in [7, 11) is 0. The van der Waals surface area contributed by atoms with Gasteiger partial charge in [-0.05, 0) is 57.1 Å². The molecule has 0 aromatic carbocycles. The SMILES string of the molecule is CCN=C([S-])N/N=C(/C(C)=N/NC([S-])=NCC)c1ccc(CN2CC(C)OC(C)C2)o1.[Cu+2]. The first-order chi connectivity index (χ1) is 14.8. The molecule has 12 heteroatoms. The number of furan rings is 1. The molecule has 2 rings (SSSR count). The van der Waals surface area contributed by atoms with Crippen molar-refractivity contribution in [1.29, 1.82) is 0 Å². The van der Waals surface area contributed by atoms with E-state index in [1.54, 1.807) is 6.92 Å². The first-order valence-corrected chi connectivity index (χ1v) is 11.2. The number of nitrogens with zero attached hydrogens (tertiary/aromatic N) is 5. The van der Waals surface area contributed by atoms with Crippen LogP contribution in [0.5, 0.6) is 0 Å². The number of hydrogen-bond donors (Lipinski definition) is 2. The van der Waals surface area contributed by atoms with Crippen molar-refractivity contribution in [1.82, 2.24) is 15.8 Å². The molecular weight excluding hydrogens is 498 g/mol. The zero-order valence-electron chi connectivity index (χ0n) is 19.0. The maximum Gasteiger partial charge on any atom is 2.00 e. The average molecular weight is 529 g/mol. The van der Waals surface area contributed by atoms with E-state index in [4.69, 9.17) is 34.4 Å². The van der Waals surface area contributed by atoms with Crippen molar-refractivity contribution in [3.05, 3.63) is 23.7 Å². The molecule has 2 N–H and O–H groups in total. The van der Waals surface area contributed by atoms with E-state index < -0.39 is 0 Å². The summed E-state index contributed by atoms with van der Waals surface area (Å²) in [4.78, 5) is 10.5. The molecule has 1 aromatic heterocycles.